The monoisotopic (exact) mass is 323 g/mol. The molecular formula is C18H21N5O. The van der Waals surface area contributed by atoms with E-state index >= 15 is 0 Å². The third-order valence-corrected chi connectivity index (χ3v) is 4.82. The number of nitrogens with one attached hydrogen (secondary N) is 3. The molecule has 0 bridgehead atoms. The van der Waals surface area contributed by atoms with Crippen LogP contribution < -0.4 is 5.32 Å². The third-order valence-electron chi connectivity index (χ3n) is 4.82. The molecule has 0 unspecified atom stereocenters. The fourth-order valence-corrected chi connectivity index (χ4v) is 3.46. The average Bonchev–Trinajstić information content (AvgIpc) is 3.27. The number of hydrogen-bond acceptors (Lipinski definition) is 3. The molecule has 0 atom stereocenters. The molecule has 0 saturated heterocycles. The second-order valence-corrected chi connectivity index (χ2v) is 6.49. The summed E-state index contributed by atoms with van der Waals surface area (Å²) < 4.78 is 0. The Kier molecular flexibility index (Phi) is 4.02. The maximum Gasteiger partial charge on any atom is 0.267 e. The van der Waals surface area contributed by atoms with Gasteiger partial charge in [-0.05, 0) is 37.0 Å². The first-order valence-corrected chi connectivity index (χ1v) is 8.57. The maximum atomic E-state index is 12.4. The minimum absolute atomic E-state index is 0.0474. The summed E-state index contributed by atoms with van der Waals surface area (Å²) in [5.41, 5.74) is 3.04. The molecule has 1 saturated carbocycles. The zero-order valence-electron chi connectivity index (χ0n) is 13.5. The van der Waals surface area contributed by atoms with E-state index in [0.717, 1.165) is 23.2 Å². The van der Waals surface area contributed by atoms with Crippen molar-refractivity contribution in [2.24, 2.45) is 5.92 Å². The van der Waals surface area contributed by atoms with Crippen LogP contribution in [0.5, 0.6) is 0 Å². The van der Waals surface area contributed by atoms with Crippen molar-refractivity contribution in [3.05, 3.63) is 36.3 Å². The topological polar surface area (TPSA) is 86.5 Å². The highest BCUT2D eigenvalue weighted by atomic mass is 16.1. The largest absolute Gasteiger partial charge is 0.357 e. The summed E-state index contributed by atoms with van der Waals surface area (Å²) in [6.07, 6.45) is 9.90. The smallest absolute Gasteiger partial charge is 0.267 e. The Bertz CT molecular complexity index is 844. The van der Waals surface area contributed by atoms with Crippen LogP contribution in [0.3, 0.4) is 0 Å². The van der Waals surface area contributed by atoms with Crippen molar-refractivity contribution in [3.63, 3.8) is 0 Å². The normalized spacial score (nSPS) is 15.7. The molecule has 6 heteroatoms. The van der Waals surface area contributed by atoms with Gasteiger partial charge in [-0.1, -0.05) is 19.3 Å². The quantitative estimate of drug-likeness (QED) is 0.689. The first-order chi connectivity index (χ1) is 11.8. The fraction of sp³-hybridized carbons (Fsp3) is 0.389. The van der Waals surface area contributed by atoms with Crippen LogP contribution in [-0.2, 0) is 0 Å². The van der Waals surface area contributed by atoms with Crippen LogP contribution in [-0.4, -0.2) is 32.6 Å². The summed E-state index contributed by atoms with van der Waals surface area (Å²) in [4.78, 5) is 19.6. The van der Waals surface area contributed by atoms with Crippen LogP contribution in [0, 0.1) is 5.92 Å². The molecule has 0 aliphatic heterocycles. The lowest BCUT2D eigenvalue weighted by Crippen LogP contribution is -2.30. The minimum atomic E-state index is -0.0474. The third kappa shape index (κ3) is 2.91. The number of nitrogens with zero attached hydrogens (tertiary/aromatic N) is 2. The van der Waals surface area contributed by atoms with Gasteiger partial charge in [-0.25, -0.2) is 4.98 Å². The van der Waals surface area contributed by atoms with Gasteiger partial charge in [0, 0.05) is 29.9 Å². The number of amides is 1. The van der Waals surface area contributed by atoms with Gasteiger partial charge < -0.3 is 10.3 Å². The first kappa shape index (κ1) is 14.9. The van der Waals surface area contributed by atoms with Gasteiger partial charge in [0.05, 0.1) is 5.69 Å². The van der Waals surface area contributed by atoms with Crippen molar-refractivity contribution in [2.45, 2.75) is 32.1 Å². The molecule has 1 fully saturated rings. The van der Waals surface area contributed by atoms with Crippen molar-refractivity contribution in [1.82, 2.24) is 25.5 Å². The predicted molar refractivity (Wildman–Crippen MR) is 92.6 cm³/mol. The van der Waals surface area contributed by atoms with E-state index in [-0.39, 0.29) is 5.91 Å². The second kappa shape index (κ2) is 6.47. The van der Waals surface area contributed by atoms with Gasteiger partial charge in [0.1, 0.15) is 5.69 Å². The van der Waals surface area contributed by atoms with Crippen LogP contribution >= 0.6 is 0 Å². The predicted octanol–water partition coefficient (Wildman–Crippen LogP) is 3.26. The maximum absolute atomic E-state index is 12.4. The molecule has 0 spiro atoms. The van der Waals surface area contributed by atoms with E-state index < -0.39 is 0 Å². The van der Waals surface area contributed by atoms with Gasteiger partial charge in [-0.2, -0.15) is 5.10 Å². The van der Waals surface area contributed by atoms with Crippen LogP contribution in [0.15, 0.2) is 30.6 Å². The summed E-state index contributed by atoms with van der Waals surface area (Å²) in [7, 11) is 0. The van der Waals surface area contributed by atoms with Crippen LogP contribution in [0.4, 0.5) is 0 Å². The molecule has 0 aromatic carbocycles. The minimum Gasteiger partial charge on any atom is -0.357 e. The molecule has 3 heterocycles. The highest BCUT2D eigenvalue weighted by Gasteiger charge is 2.16. The van der Waals surface area contributed by atoms with Gasteiger partial charge in [-0.3, -0.25) is 9.89 Å². The average molecular weight is 323 g/mol. The molecule has 0 radical (unpaired) electrons. The number of fused-ring (bicyclic) bond motifs is 1. The molecule has 124 valence electrons. The van der Waals surface area contributed by atoms with Gasteiger partial charge in [-0.15, -0.1) is 0 Å². The lowest BCUT2D eigenvalue weighted by atomic mass is 9.89. The van der Waals surface area contributed by atoms with E-state index in [1.807, 2.05) is 24.4 Å². The van der Waals surface area contributed by atoms with E-state index in [1.54, 1.807) is 6.20 Å². The number of H-pyrrole nitrogens is 2. The van der Waals surface area contributed by atoms with E-state index in [4.69, 9.17) is 0 Å². The fourth-order valence-electron chi connectivity index (χ4n) is 3.46. The van der Waals surface area contributed by atoms with Crippen molar-refractivity contribution in [3.8, 4) is 11.3 Å². The number of rotatable bonds is 4. The van der Waals surface area contributed by atoms with Crippen molar-refractivity contribution >= 4 is 16.9 Å². The number of aromatic nitrogens is 4. The van der Waals surface area contributed by atoms with E-state index in [1.165, 1.54) is 32.1 Å². The number of aromatic amines is 2. The van der Waals surface area contributed by atoms with Crippen molar-refractivity contribution in [1.29, 1.82) is 0 Å². The molecule has 6 nitrogen and oxygen atoms in total. The Morgan fingerprint density at radius 3 is 3.04 bits per heavy atom. The highest BCUT2D eigenvalue weighted by molar-refractivity contribution is 5.96. The van der Waals surface area contributed by atoms with E-state index in [2.05, 4.69) is 25.5 Å². The van der Waals surface area contributed by atoms with Crippen LogP contribution in [0.1, 0.15) is 42.6 Å². The van der Waals surface area contributed by atoms with E-state index in [9.17, 15) is 4.79 Å². The summed E-state index contributed by atoms with van der Waals surface area (Å²) in [6, 6.07) is 5.71. The van der Waals surface area contributed by atoms with Gasteiger partial charge >= 0.3 is 0 Å². The standard InChI is InChI=1S/C18H21N5O/c24-18(21-10-12-5-2-1-3-6-12)15-9-13(11-20-15)16-14-7-4-8-19-17(14)23-22-16/h4,7-9,11-12,20H,1-3,5-6,10H2,(H,21,24)(H,19,22,23). The molecule has 3 aromatic rings. The Hall–Kier alpha value is -2.63. The van der Waals surface area contributed by atoms with E-state index in [0.29, 0.717) is 17.3 Å². The Labute approximate surface area is 140 Å². The molecule has 24 heavy (non-hydrogen) atoms. The van der Waals surface area contributed by atoms with Gasteiger partial charge in [0.25, 0.3) is 5.91 Å². The summed E-state index contributed by atoms with van der Waals surface area (Å²) >= 11 is 0. The zero-order valence-corrected chi connectivity index (χ0v) is 13.5. The molecule has 1 aliphatic rings. The highest BCUT2D eigenvalue weighted by Crippen LogP contribution is 2.26. The zero-order chi connectivity index (χ0) is 16.4. The van der Waals surface area contributed by atoms with Crippen LogP contribution in [0.25, 0.3) is 22.3 Å². The SMILES string of the molecule is O=C(NCC1CCCCC1)c1cc(-c2[nH]nc3ncccc23)c[nH]1. The molecule has 3 aromatic heterocycles. The molecular weight excluding hydrogens is 302 g/mol. The molecule has 1 aliphatic carbocycles. The second-order valence-electron chi connectivity index (χ2n) is 6.49. The van der Waals surface area contributed by atoms with Crippen molar-refractivity contribution < 1.29 is 4.79 Å². The lowest BCUT2D eigenvalue weighted by Gasteiger charge is -2.21. The first-order valence-electron chi connectivity index (χ1n) is 8.57. The summed E-state index contributed by atoms with van der Waals surface area (Å²) in [5.74, 6) is 0.577. The van der Waals surface area contributed by atoms with Gasteiger partial charge in [0.2, 0.25) is 0 Å². The van der Waals surface area contributed by atoms with Crippen LogP contribution in [0.2, 0.25) is 0 Å². The molecule has 1 amide bonds. The Morgan fingerprint density at radius 1 is 1.29 bits per heavy atom. The molecule has 4 rings (SSSR count). The number of pyridine rings is 1. The Balaban J connectivity index is 1.47. The molecule has 3 N–H and O–H groups in total. The van der Waals surface area contributed by atoms with Gasteiger partial charge in [0.15, 0.2) is 5.65 Å². The Morgan fingerprint density at radius 2 is 2.17 bits per heavy atom. The summed E-state index contributed by atoms with van der Waals surface area (Å²) in [5, 5.41) is 11.2. The summed E-state index contributed by atoms with van der Waals surface area (Å²) in [6.45, 7) is 0.768. The number of carbonyl (C=O) groups is 1. The number of hydrogen-bond donors (Lipinski definition) is 3. The van der Waals surface area contributed by atoms with Crippen molar-refractivity contribution in [2.75, 3.05) is 6.54 Å². The number of carbonyl (C=O) groups excluding carboxylic acids is 1. The lowest BCUT2D eigenvalue weighted by molar-refractivity contribution is 0.0939.